The van der Waals surface area contributed by atoms with Gasteiger partial charge in [0.1, 0.15) is 0 Å². The summed E-state index contributed by atoms with van der Waals surface area (Å²) in [5.74, 6) is 0.671. The number of aromatic nitrogens is 1. The van der Waals surface area contributed by atoms with Crippen molar-refractivity contribution in [2.24, 2.45) is 0 Å². The van der Waals surface area contributed by atoms with Crippen LogP contribution < -0.4 is 5.73 Å². The van der Waals surface area contributed by atoms with Crippen molar-refractivity contribution < 1.29 is 0 Å². The van der Waals surface area contributed by atoms with E-state index in [2.05, 4.69) is 41.9 Å². The molecule has 2 heterocycles. The molecular weight excluding hydrogens is 270 g/mol. The Kier molecular flexibility index (Phi) is 4.44. The number of likely N-dealkylation sites (tertiary alicyclic amines) is 1. The fraction of sp³-hybridized carbons (Fsp3) is 0.421. The first-order valence-electron chi connectivity index (χ1n) is 8.11. The number of rotatable bonds is 3. The van der Waals surface area contributed by atoms with E-state index < -0.39 is 0 Å². The van der Waals surface area contributed by atoms with Gasteiger partial charge >= 0.3 is 0 Å². The van der Waals surface area contributed by atoms with Gasteiger partial charge < -0.3 is 5.73 Å². The number of pyridine rings is 1. The predicted octanol–water partition coefficient (Wildman–Crippen LogP) is 3.66. The maximum Gasteiger partial charge on any atom is 0.0346 e. The summed E-state index contributed by atoms with van der Waals surface area (Å²) in [5, 5.41) is 0. The summed E-state index contributed by atoms with van der Waals surface area (Å²) in [5.41, 5.74) is 12.3. The number of hydrogen-bond donors (Lipinski definition) is 1. The number of nitrogens with zero attached hydrogens (tertiary/aromatic N) is 2. The van der Waals surface area contributed by atoms with Crippen LogP contribution >= 0.6 is 0 Å². The van der Waals surface area contributed by atoms with Crippen molar-refractivity contribution in [1.29, 1.82) is 0 Å². The van der Waals surface area contributed by atoms with Crippen molar-refractivity contribution in [2.45, 2.75) is 39.2 Å². The molecule has 3 heteroatoms. The number of anilines is 1. The highest BCUT2D eigenvalue weighted by atomic mass is 15.1. The number of nitrogens with two attached hydrogens (primary N) is 1. The molecule has 22 heavy (non-hydrogen) atoms. The molecule has 0 unspecified atom stereocenters. The predicted molar refractivity (Wildman–Crippen MR) is 91.8 cm³/mol. The Morgan fingerprint density at radius 2 is 1.95 bits per heavy atom. The van der Waals surface area contributed by atoms with Gasteiger partial charge in [0.15, 0.2) is 0 Å². The van der Waals surface area contributed by atoms with Gasteiger partial charge in [0.25, 0.3) is 0 Å². The van der Waals surface area contributed by atoms with Crippen molar-refractivity contribution in [3.05, 3.63) is 58.9 Å². The second-order valence-electron chi connectivity index (χ2n) is 6.48. The molecule has 0 atom stereocenters. The van der Waals surface area contributed by atoms with Crippen molar-refractivity contribution >= 4 is 5.69 Å². The fourth-order valence-corrected chi connectivity index (χ4v) is 3.45. The third-order valence-electron chi connectivity index (χ3n) is 4.81. The minimum Gasteiger partial charge on any atom is -0.399 e. The summed E-state index contributed by atoms with van der Waals surface area (Å²) in [4.78, 5) is 6.74. The van der Waals surface area contributed by atoms with E-state index in [9.17, 15) is 0 Å². The summed E-state index contributed by atoms with van der Waals surface area (Å²) in [6, 6.07) is 8.61. The fourth-order valence-electron chi connectivity index (χ4n) is 3.45. The Morgan fingerprint density at radius 3 is 2.64 bits per heavy atom. The molecule has 2 N–H and O–H groups in total. The van der Waals surface area contributed by atoms with Crippen LogP contribution in [0.5, 0.6) is 0 Å². The van der Waals surface area contributed by atoms with Crippen molar-refractivity contribution in [1.82, 2.24) is 9.88 Å². The van der Waals surface area contributed by atoms with E-state index in [1.807, 2.05) is 18.5 Å². The molecule has 1 saturated heterocycles. The van der Waals surface area contributed by atoms with Crippen molar-refractivity contribution in [3.63, 3.8) is 0 Å². The second-order valence-corrected chi connectivity index (χ2v) is 6.48. The molecule has 1 fully saturated rings. The highest BCUT2D eigenvalue weighted by Crippen LogP contribution is 2.32. The number of nitrogen functional groups attached to an aromatic ring is 1. The van der Waals surface area contributed by atoms with E-state index in [0.29, 0.717) is 5.92 Å². The average Bonchev–Trinajstić information content (AvgIpc) is 2.53. The molecule has 1 aromatic carbocycles. The number of piperidine rings is 1. The third-order valence-corrected chi connectivity index (χ3v) is 4.81. The highest BCUT2D eigenvalue weighted by Gasteiger charge is 2.22. The van der Waals surface area contributed by atoms with Crippen LogP contribution in [-0.2, 0) is 6.54 Å². The molecule has 3 nitrogen and oxygen atoms in total. The van der Waals surface area contributed by atoms with Crippen LogP contribution in [0, 0.1) is 13.8 Å². The van der Waals surface area contributed by atoms with Gasteiger partial charge in [0.2, 0.25) is 0 Å². The lowest BCUT2D eigenvalue weighted by atomic mass is 9.85. The number of aryl methyl sites for hydroxylation is 2. The van der Waals surface area contributed by atoms with Crippen LogP contribution in [0.1, 0.15) is 41.0 Å². The Labute approximate surface area is 133 Å². The maximum atomic E-state index is 6.01. The average molecular weight is 295 g/mol. The number of hydrogen-bond acceptors (Lipinski definition) is 3. The maximum absolute atomic E-state index is 6.01. The summed E-state index contributed by atoms with van der Waals surface area (Å²) in [6.07, 6.45) is 6.26. The Bertz CT molecular complexity index is 629. The molecule has 3 rings (SSSR count). The molecule has 116 valence electrons. The van der Waals surface area contributed by atoms with Gasteiger partial charge in [-0.2, -0.15) is 0 Å². The van der Waals surface area contributed by atoms with Crippen LogP contribution in [0.15, 0.2) is 36.7 Å². The molecule has 1 aliphatic heterocycles. The van der Waals surface area contributed by atoms with Crippen LogP contribution in [-0.4, -0.2) is 23.0 Å². The van der Waals surface area contributed by atoms with E-state index >= 15 is 0 Å². The van der Waals surface area contributed by atoms with Crippen molar-refractivity contribution in [3.8, 4) is 0 Å². The lowest BCUT2D eigenvalue weighted by Gasteiger charge is -2.33. The molecule has 2 aromatic rings. The topological polar surface area (TPSA) is 42.2 Å². The van der Waals surface area contributed by atoms with Crippen molar-refractivity contribution in [2.75, 3.05) is 18.8 Å². The number of benzene rings is 1. The summed E-state index contributed by atoms with van der Waals surface area (Å²) in [6.45, 7) is 7.62. The standard InChI is InChI=1S/C19H25N3/c1-14-11-19(20)15(2)10-18(14)17-5-8-22(9-6-17)13-16-4-3-7-21-12-16/h3-4,7,10-12,17H,5-6,8-9,13,20H2,1-2H3. The molecule has 0 aliphatic carbocycles. The zero-order valence-corrected chi connectivity index (χ0v) is 13.5. The van der Waals surface area contributed by atoms with Gasteiger partial charge in [-0.05, 0) is 80.1 Å². The molecule has 0 spiro atoms. The summed E-state index contributed by atoms with van der Waals surface area (Å²) >= 11 is 0. The molecule has 1 aromatic heterocycles. The van der Waals surface area contributed by atoms with Crippen LogP contribution in [0.3, 0.4) is 0 Å². The Balaban J connectivity index is 1.63. The van der Waals surface area contributed by atoms with Crippen LogP contribution in [0.2, 0.25) is 0 Å². The molecule has 0 bridgehead atoms. The lowest BCUT2D eigenvalue weighted by Crippen LogP contribution is -2.32. The van der Waals surface area contributed by atoms with Gasteiger partial charge in [0, 0.05) is 24.6 Å². The van der Waals surface area contributed by atoms with Gasteiger partial charge in [-0.1, -0.05) is 12.1 Å². The van der Waals surface area contributed by atoms with E-state index in [-0.39, 0.29) is 0 Å². The Morgan fingerprint density at radius 1 is 1.18 bits per heavy atom. The summed E-state index contributed by atoms with van der Waals surface area (Å²) in [7, 11) is 0. The quantitative estimate of drug-likeness (QED) is 0.879. The monoisotopic (exact) mass is 295 g/mol. The molecule has 0 radical (unpaired) electrons. The largest absolute Gasteiger partial charge is 0.399 e. The second kappa shape index (κ2) is 6.49. The zero-order chi connectivity index (χ0) is 15.5. The molecule has 0 saturated carbocycles. The Hall–Kier alpha value is -1.87. The molecule has 0 amide bonds. The van der Waals surface area contributed by atoms with Gasteiger partial charge in [-0.3, -0.25) is 9.88 Å². The van der Waals surface area contributed by atoms with E-state index in [1.165, 1.54) is 35.1 Å². The highest BCUT2D eigenvalue weighted by molar-refractivity contribution is 5.52. The van der Waals surface area contributed by atoms with Gasteiger partial charge in [0.05, 0.1) is 0 Å². The SMILES string of the molecule is Cc1cc(C2CCN(Cc3cccnc3)CC2)c(C)cc1N. The van der Waals surface area contributed by atoms with E-state index in [4.69, 9.17) is 5.73 Å². The van der Waals surface area contributed by atoms with E-state index in [1.54, 1.807) is 0 Å². The minimum atomic E-state index is 0.671. The minimum absolute atomic E-state index is 0.671. The smallest absolute Gasteiger partial charge is 0.0346 e. The first-order valence-corrected chi connectivity index (χ1v) is 8.11. The van der Waals surface area contributed by atoms with Crippen LogP contribution in [0.4, 0.5) is 5.69 Å². The molecule has 1 aliphatic rings. The first-order chi connectivity index (χ1) is 10.6. The third kappa shape index (κ3) is 3.30. The molecular formula is C19H25N3. The van der Waals surface area contributed by atoms with E-state index in [0.717, 1.165) is 25.3 Å². The van der Waals surface area contributed by atoms with Crippen LogP contribution in [0.25, 0.3) is 0 Å². The first kappa shape index (κ1) is 15.0. The normalized spacial score (nSPS) is 16.8. The zero-order valence-electron chi connectivity index (χ0n) is 13.5. The van der Waals surface area contributed by atoms with Gasteiger partial charge in [-0.15, -0.1) is 0 Å². The van der Waals surface area contributed by atoms with Gasteiger partial charge in [-0.25, -0.2) is 0 Å². The lowest BCUT2D eigenvalue weighted by molar-refractivity contribution is 0.204. The summed E-state index contributed by atoms with van der Waals surface area (Å²) < 4.78 is 0.